The summed E-state index contributed by atoms with van der Waals surface area (Å²) in [6.45, 7) is 0. The Morgan fingerprint density at radius 1 is 0.923 bits per heavy atom. The van der Waals surface area contributed by atoms with Crippen molar-refractivity contribution in [2.45, 2.75) is 0 Å². The first kappa shape index (κ1) is 10.9. The molecule has 0 spiro atoms. The van der Waals surface area contributed by atoms with E-state index in [1.165, 1.54) is 0 Å². The van der Waals surface area contributed by atoms with Gasteiger partial charge in [0.2, 0.25) is 0 Å². The van der Waals surface area contributed by atoms with Gasteiger partial charge in [0.1, 0.15) is 0 Å². The van der Waals surface area contributed by atoms with Crippen LogP contribution in [-0.4, -0.2) is 33.0 Å². The monoisotopic (exact) mass is 186 g/mol. The molecule has 0 rings (SSSR count). The number of rotatable bonds is 4. The first-order valence-corrected chi connectivity index (χ1v) is 3.02. The summed E-state index contributed by atoms with van der Waals surface area (Å²) in [5, 5.41) is 24.7. The van der Waals surface area contributed by atoms with Crippen LogP contribution in [0.3, 0.4) is 0 Å². The van der Waals surface area contributed by atoms with Crippen molar-refractivity contribution >= 4 is 17.7 Å². The molecule has 0 aromatic heterocycles. The minimum atomic E-state index is -1.70. The van der Waals surface area contributed by atoms with Crippen LogP contribution in [0.5, 0.6) is 0 Å². The zero-order valence-corrected chi connectivity index (χ0v) is 6.30. The molecule has 0 aliphatic rings. The van der Waals surface area contributed by atoms with E-state index in [1.54, 1.807) is 0 Å². The van der Waals surface area contributed by atoms with Crippen molar-refractivity contribution in [3.8, 4) is 0 Å². The van der Waals surface area contributed by atoms with Gasteiger partial charge in [-0.15, -0.1) is 0 Å². The second-order valence-corrected chi connectivity index (χ2v) is 1.89. The zero-order chi connectivity index (χ0) is 10.4. The maximum atomic E-state index is 10.4. The SMILES string of the molecule is O=C(O)C(=O)/C=C/C(=C/O)C(=O)O. The number of carbonyl (C=O) groups excluding carboxylic acids is 1. The molecule has 6 heteroatoms. The van der Waals surface area contributed by atoms with E-state index in [1.807, 2.05) is 0 Å². The van der Waals surface area contributed by atoms with Crippen LogP contribution in [0, 0.1) is 0 Å². The zero-order valence-electron chi connectivity index (χ0n) is 6.30. The average Bonchev–Trinajstić information content (AvgIpc) is 2.04. The van der Waals surface area contributed by atoms with Gasteiger partial charge in [0, 0.05) is 0 Å². The summed E-state index contributed by atoms with van der Waals surface area (Å²) in [4.78, 5) is 30.5. The minimum absolute atomic E-state index is 0.258. The van der Waals surface area contributed by atoms with Crippen LogP contribution in [0.25, 0.3) is 0 Å². The lowest BCUT2D eigenvalue weighted by Gasteiger charge is -1.89. The molecule has 70 valence electrons. The fourth-order valence-electron chi connectivity index (χ4n) is 0.406. The van der Waals surface area contributed by atoms with Crippen molar-refractivity contribution < 1.29 is 29.7 Å². The third kappa shape index (κ3) is 3.71. The lowest BCUT2D eigenvalue weighted by atomic mass is 10.2. The molecule has 0 unspecified atom stereocenters. The Hall–Kier alpha value is -2.11. The third-order valence-corrected chi connectivity index (χ3v) is 1.01. The van der Waals surface area contributed by atoms with Gasteiger partial charge in [0.25, 0.3) is 5.78 Å². The van der Waals surface area contributed by atoms with E-state index >= 15 is 0 Å². The number of aliphatic hydroxyl groups excluding tert-OH is 1. The molecule has 0 saturated carbocycles. The number of ketones is 1. The molecular weight excluding hydrogens is 180 g/mol. The fraction of sp³-hybridized carbons (Fsp3) is 0. The molecule has 0 heterocycles. The van der Waals surface area contributed by atoms with Crippen LogP contribution < -0.4 is 0 Å². The summed E-state index contributed by atoms with van der Waals surface area (Å²) in [5.41, 5.74) is -0.574. The Bertz CT molecular complexity index is 298. The highest BCUT2D eigenvalue weighted by Crippen LogP contribution is 1.95. The summed E-state index contributed by atoms with van der Waals surface area (Å²) in [7, 11) is 0. The Kier molecular flexibility index (Phi) is 3.94. The maximum Gasteiger partial charge on any atom is 0.376 e. The van der Waals surface area contributed by atoms with Crippen molar-refractivity contribution in [3.63, 3.8) is 0 Å². The summed E-state index contributed by atoms with van der Waals surface area (Å²) in [5.74, 6) is -4.42. The maximum absolute atomic E-state index is 10.4. The van der Waals surface area contributed by atoms with Crippen LogP contribution in [0.2, 0.25) is 0 Å². The number of carboxylic acids is 2. The van der Waals surface area contributed by atoms with Gasteiger partial charge in [-0.25, -0.2) is 9.59 Å². The Morgan fingerprint density at radius 3 is 1.77 bits per heavy atom. The van der Waals surface area contributed by atoms with Crippen LogP contribution in [0.4, 0.5) is 0 Å². The highest BCUT2D eigenvalue weighted by atomic mass is 16.4. The number of hydrogen-bond donors (Lipinski definition) is 3. The lowest BCUT2D eigenvalue weighted by Crippen LogP contribution is -2.09. The largest absolute Gasteiger partial charge is 0.515 e. The highest BCUT2D eigenvalue weighted by Gasteiger charge is 2.08. The normalized spacial score (nSPS) is 11.5. The first-order valence-electron chi connectivity index (χ1n) is 3.02. The van der Waals surface area contributed by atoms with E-state index in [2.05, 4.69) is 0 Å². The Balaban J connectivity index is 4.51. The van der Waals surface area contributed by atoms with Crippen molar-refractivity contribution in [2.75, 3.05) is 0 Å². The molecular formula is C7H6O6. The van der Waals surface area contributed by atoms with E-state index in [-0.39, 0.29) is 6.26 Å². The van der Waals surface area contributed by atoms with E-state index in [0.717, 1.165) is 0 Å². The number of carbonyl (C=O) groups is 3. The van der Waals surface area contributed by atoms with Gasteiger partial charge in [-0.3, -0.25) is 4.79 Å². The van der Waals surface area contributed by atoms with E-state index in [0.29, 0.717) is 12.2 Å². The van der Waals surface area contributed by atoms with Crippen molar-refractivity contribution in [2.24, 2.45) is 0 Å². The molecule has 0 aliphatic heterocycles. The first-order chi connectivity index (χ1) is 5.99. The minimum Gasteiger partial charge on any atom is -0.515 e. The second-order valence-electron chi connectivity index (χ2n) is 1.89. The predicted molar refractivity (Wildman–Crippen MR) is 40.1 cm³/mol. The van der Waals surface area contributed by atoms with Gasteiger partial charge in [-0.2, -0.15) is 0 Å². The van der Waals surface area contributed by atoms with Gasteiger partial charge < -0.3 is 15.3 Å². The Morgan fingerprint density at radius 2 is 1.46 bits per heavy atom. The molecule has 6 nitrogen and oxygen atoms in total. The number of carboxylic acid groups (broad SMARTS) is 2. The van der Waals surface area contributed by atoms with Gasteiger partial charge in [0.05, 0.1) is 11.8 Å². The summed E-state index contributed by atoms with van der Waals surface area (Å²) in [6, 6.07) is 0. The molecule has 0 radical (unpaired) electrons. The van der Waals surface area contributed by atoms with Crippen molar-refractivity contribution in [1.82, 2.24) is 0 Å². The van der Waals surface area contributed by atoms with Gasteiger partial charge in [-0.1, -0.05) is 0 Å². The van der Waals surface area contributed by atoms with Gasteiger partial charge in [-0.05, 0) is 12.2 Å². The van der Waals surface area contributed by atoms with Crippen LogP contribution in [0.15, 0.2) is 24.0 Å². The quantitative estimate of drug-likeness (QED) is 0.241. The third-order valence-electron chi connectivity index (χ3n) is 1.01. The fourth-order valence-corrected chi connectivity index (χ4v) is 0.406. The summed E-state index contributed by atoms with van der Waals surface area (Å²) >= 11 is 0. The standard InChI is InChI=1S/C7H6O6/c8-3-4(6(10)11)1-2-5(9)7(12)13/h1-3,8H,(H,10,11)(H,12,13)/b2-1+,4-3-. The van der Waals surface area contributed by atoms with Crippen LogP contribution in [0.1, 0.15) is 0 Å². The molecule has 0 atom stereocenters. The lowest BCUT2D eigenvalue weighted by molar-refractivity contribution is -0.146. The Labute approximate surface area is 72.4 Å². The molecule has 0 aromatic carbocycles. The highest BCUT2D eigenvalue weighted by molar-refractivity contribution is 6.37. The summed E-state index contributed by atoms with van der Waals surface area (Å²) < 4.78 is 0. The number of hydrogen-bond acceptors (Lipinski definition) is 4. The van der Waals surface area contributed by atoms with Crippen LogP contribution in [-0.2, 0) is 14.4 Å². The molecule has 0 aromatic rings. The molecule has 3 N–H and O–H groups in total. The van der Waals surface area contributed by atoms with E-state index < -0.39 is 23.3 Å². The molecule has 13 heavy (non-hydrogen) atoms. The molecule has 0 aliphatic carbocycles. The second kappa shape index (κ2) is 4.70. The van der Waals surface area contributed by atoms with E-state index in [9.17, 15) is 14.4 Å². The van der Waals surface area contributed by atoms with Gasteiger partial charge in [0.15, 0.2) is 0 Å². The van der Waals surface area contributed by atoms with Crippen LogP contribution >= 0.6 is 0 Å². The van der Waals surface area contributed by atoms with Crippen molar-refractivity contribution in [3.05, 3.63) is 24.0 Å². The molecule has 0 amide bonds. The molecule has 0 fully saturated rings. The molecule has 0 saturated heterocycles. The summed E-state index contributed by atoms with van der Waals surface area (Å²) in [6.07, 6.45) is 1.49. The van der Waals surface area contributed by atoms with Crippen molar-refractivity contribution in [1.29, 1.82) is 0 Å². The van der Waals surface area contributed by atoms with Gasteiger partial charge >= 0.3 is 11.9 Å². The van der Waals surface area contributed by atoms with E-state index in [4.69, 9.17) is 15.3 Å². The average molecular weight is 186 g/mol. The topological polar surface area (TPSA) is 112 Å². The number of aliphatic hydroxyl groups is 1. The molecule has 0 bridgehead atoms. The number of aliphatic carboxylic acids is 2. The predicted octanol–water partition coefficient (Wildman–Crippen LogP) is -0.277. The smallest absolute Gasteiger partial charge is 0.376 e.